The Bertz CT molecular complexity index is 696. The molecule has 0 aliphatic carbocycles. The standard InChI is InChI=1S/C18H25N5O4.ClH/c24-16-4-8-23(18(26)21-16)14-2-1-3-15(12-14)27-13-17(25)20-7-11-22-9-5-19-6-10-22;/h1-3,12,19H,4-11,13H2,(H,20,25)(H,21,24,26);1H. The molecule has 0 bridgehead atoms. The number of nitrogens with one attached hydrogen (secondary N) is 3. The molecular formula is C18H26ClN5O4. The minimum Gasteiger partial charge on any atom is -0.484 e. The Hall–Kier alpha value is -2.36. The molecular weight excluding hydrogens is 386 g/mol. The number of nitrogens with zero attached hydrogens (tertiary/aromatic N) is 2. The Morgan fingerprint density at radius 3 is 2.71 bits per heavy atom. The maximum atomic E-state index is 12.0. The smallest absolute Gasteiger partial charge is 0.328 e. The molecule has 28 heavy (non-hydrogen) atoms. The van der Waals surface area contributed by atoms with Crippen molar-refractivity contribution in [3.8, 4) is 5.75 Å². The zero-order valence-electron chi connectivity index (χ0n) is 15.6. The van der Waals surface area contributed by atoms with Crippen molar-refractivity contribution in [3.05, 3.63) is 24.3 Å². The number of rotatable bonds is 7. The Morgan fingerprint density at radius 2 is 1.96 bits per heavy atom. The Kier molecular flexibility index (Phi) is 8.49. The monoisotopic (exact) mass is 411 g/mol. The van der Waals surface area contributed by atoms with Crippen molar-refractivity contribution in [2.75, 3.05) is 57.3 Å². The zero-order valence-corrected chi connectivity index (χ0v) is 16.4. The number of amides is 4. The lowest BCUT2D eigenvalue weighted by Gasteiger charge is -2.27. The van der Waals surface area contributed by atoms with E-state index in [0.29, 0.717) is 24.5 Å². The second-order valence-electron chi connectivity index (χ2n) is 6.48. The van der Waals surface area contributed by atoms with Crippen LogP contribution in [0.1, 0.15) is 6.42 Å². The van der Waals surface area contributed by atoms with Gasteiger partial charge in [-0.3, -0.25) is 24.7 Å². The van der Waals surface area contributed by atoms with Crippen LogP contribution in [0.5, 0.6) is 5.75 Å². The van der Waals surface area contributed by atoms with Crippen LogP contribution in [0.2, 0.25) is 0 Å². The van der Waals surface area contributed by atoms with E-state index in [4.69, 9.17) is 4.74 Å². The second kappa shape index (κ2) is 10.8. The summed E-state index contributed by atoms with van der Waals surface area (Å²) in [5, 5.41) is 8.43. The van der Waals surface area contributed by atoms with E-state index in [1.807, 2.05) is 0 Å². The van der Waals surface area contributed by atoms with Crippen LogP contribution in [-0.4, -0.2) is 75.2 Å². The van der Waals surface area contributed by atoms with Gasteiger partial charge in [-0.15, -0.1) is 12.4 Å². The lowest BCUT2D eigenvalue weighted by Crippen LogP contribution is -2.49. The summed E-state index contributed by atoms with van der Waals surface area (Å²) in [4.78, 5) is 38.9. The van der Waals surface area contributed by atoms with Gasteiger partial charge in [-0.1, -0.05) is 6.07 Å². The number of carbonyl (C=O) groups excluding carboxylic acids is 3. The first-order chi connectivity index (χ1) is 13.1. The molecule has 2 heterocycles. The van der Waals surface area contributed by atoms with Gasteiger partial charge in [0.1, 0.15) is 5.75 Å². The molecule has 0 spiro atoms. The molecule has 154 valence electrons. The average molecular weight is 412 g/mol. The Balaban J connectivity index is 0.00000280. The third-order valence-electron chi connectivity index (χ3n) is 4.51. The van der Waals surface area contributed by atoms with Crippen molar-refractivity contribution in [3.63, 3.8) is 0 Å². The van der Waals surface area contributed by atoms with Gasteiger partial charge in [0.15, 0.2) is 6.61 Å². The van der Waals surface area contributed by atoms with Crippen LogP contribution in [0.4, 0.5) is 10.5 Å². The van der Waals surface area contributed by atoms with E-state index in [1.165, 1.54) is 4.90 Å². The topological polar surface area (TPSA) is 103 Å². The Morgan fingerprint density at radius 1 is 1.18 bits per heavy atom. The fourth-order valence-electron chi connectivity index (χ4n) is 3.04. The summed E-state index contributed by atoms with van der Waals surface area (Å²) in [6.07, 6.45) is 0.256. The van der Waals surface area contributed by atoms with E-state index in [-0.39, 0.29) is 37.2 Å². The number of halogens is 1. The minimum absolute atomic E-state index is 0. The maximum Gasteiger partial charge on any atom is 0.328 e. The summed E-state index contributed by atoms with van der Waals surface area (Å²) in [5.74, 6) is 0.0347. The van der Waals surface area contributed by atoms with Crippen molar-refractivity contribution in [2.45, 2.75) is 6.42 Å². The number of ether oxygens (including phenoxy) is 1. The number of carbonyl (C=O) groups is 3. The van der Waals surface area contributed by atoms with Crippen LogP contribution in [0, 0.1) is 0 Å². The average Bonchev–Trinajstić information content (AvgIpc) is 2.67. The van der Waals surface area contributed by atoms with Gasteiger partial charge >= 0.3 is 6.03 Å². The first-order valence-electron chi connectivity index (χ1n) is 9.16. The van der Waals surface area contributed by atoms with Gasteiger partial charge in [0, 0.05) is 64.0 Å². The summed E-state index contributed by atoms with van der Waals surface area (Å²) < 4.78 is 5.54. The van der Waals surface area contributed by atoms with Crippen LogP contribution in [0.25, 0.3) is 0 Å². The summed E-state index contributed by atoms with van der Waals surface area (Å²) in [6, 6.07) is 6.47. The summed E-state index contributed by atoms with van der Waals surface area (Å²) >= 11 is 0. The van der Waals surface area contributed by atoms with E-state index in [2.05, 4.69) is 20.9 Å². The third kappa shape index (κ3) is 6.36. The number of benzene rings is 1. The highest BCUT2D eigenvalue weighted by Gasteiger charge is 2.24. The quantitative estimate of drug-likeness (QED) is 0.581. The second-order valence-corrected chi connectivity index (χ2v) is 6.48. The molecule has 0 aromatic heterocycles. The predicted octanol–water partition coefficient (Wildman–Crippen LogP) is -0.0451. The molecule has 2 aliphatic rings. The fourth-order valence-corrected chi connectivity index (χ4v) is 3.04. The van der Waals surface area contributed by atoms with Crippen LogP contribution >= 0.6 is 12.4 Å². The third-order valence-corrected chi connectivity index (χ3v) is 4.51. The molecule has 2 fully saturated rings. The summed E-state index contributed by atoms with van der Waals surface area (Å²) in [7, 11) is 0. The SMILES string of the molecule is Cl.O=C(COc1cccc(N2CCC(=O)NC2=O)c1)NCCN1CCNCC1. The van der Waals surface area contributed by atoms with E-state index in [0.717, 1.165) is 32.7 Å². The maximum absolute atomic E-state index is 12.0. The molecule has 3 N–H and O–H groups in total. The molecule has 1 aromatic rings. The molecule has 0 radical (unpaired) electrons. The largest absolute Gasteiger partial charge is 0.484 e. The molecule has 4 amide bonds. The molecule has 2 aliphatic heterocycles. The highest BCUT2D eigenvalue weighted by atomic mass is 35.5. The van der Waals surface area contributed by atoms with E-state index in [1.54, 1.807) is 24.3 Å². The van der Waals surface area contributed by atoms with Gasteiger partial charge in [-0.05, 0) is 12.1 Å². The molecule has 0 saturated carbocycles. The van der Waals surface area contributed by atoms with Crippen molar-refractivity contribution in [1.29, 1.82) is 0 Å². The van der Waals surface area contributed by atoms with Crippen molar-refractivity contribution in [2.24, 2.45) is 0 Å². The fraction of sp³-hybridized carbons (Fsp3) is 0.500. The van der Waals surface area contributed by atoms with Crippen molar-refractivity contribution >= 4 is 35.9 Å². The lowest BCUT2D eigenvalue weighted by molar-refractivity contribution is -0.123. The highest BCUT2D eigenvalue weighted by molar-refractivity contribution is 6.05. The first kappa shape index (κ1) is 21.9. The number of imide groups is 1. The molecule has 3 rings (SSSR count). The summed E-state index contributed by atoms with van der Waals surface area (Å²) in [5.41, 5.74) is 0.622. The van der Waals surface area contributed by atoms with Crippen molar-refractivity contribution < 1.29 is 19.1 Å². The first-order valence-corrected chi connectivity index (χ1v) is 9.16. The minimum atomic E-state index is -0.450. The van der Waals surface area contributed by atoms with E-state index >= 15 is 0 Å². The van der Waals surface area contributed by atoms with Gasteiger partial charge in [-0.25, -0.2) is 4.79 Å². The van der Waals surface area contributed by atoms with Crippen LogP contribution in [0.15, 0.2) is 24.3 Å². The highest BCUT2D eigenvalue weighted by Crippen LogP contribution is 2.22. The summed E-state index contributed by atoms with van der Waals surface area (Å²) in [6.45, 7) is 5.60. The zero-order chi connectivity index (χ0) is 19.1. The van der Waals surface area contributed by atoms with Gasteiger partial charge in [-0.2, -0.15) is 0 Å². The number of piperazine rings is 1. The predicted molar refractivity (Wildman–Crippen MR) is 107 cm³/mol. The number of anilines is 1. The van der Waals surface area contributed by atoms with Crippen LogP contribution < -0.4 is 25.6 Å². The van der Waals surface area contributed by atoms with E-state index < -0.39 is 6.03 Å². The normalized spacial score (nSPS) is 17.5. The molecule has 9 nitrogen and oxygen atoms in total. The van der Waals surface area contributed by atoms with Gasteiger partial charge in [0.2, 0.25) is 5.91 Å². The molecule has 2 saturated heterocycles. The lowest BCUT2D eigenvalue weighted by atomic mass is 10.2. The number of hydrogen-bond acceptors (Lipinski definition) is 6. The van der Waals surface area contributed by atoms with Crippen molar-refractivity contribution in [1.82, 2.24) is 20.9 Å². The molecule has 0 atom stereocenters. The molecule has 10 heteroatoms. The Labute approximate surface area is 170 Å². The molecule has 0 unspecified atom stereocenters. The van der Waals surface area contributed by atoms with Gasteiger partial charge in [0.25, 0.3) is 5.91 Å². The number of hydrogen-bond donors (Lipinski definition) is 3. The van der Waals surface area contributed by atoms with Gasteiger partial charge in [0.05, 0.1) is 0 Å². The van der Waals surface area contributed by atoms with E-state index in [9.17, 15) is 14.4 Å². The molecule has 1 aromatic carbocycles. The van der Waals surface area contributed by atoms with Crippen LogP contribution in [0.3, 0.4) is 0 Å². The van der Waals surface area contributed by atoms with Crippen LogP contribution in [-0.2, 0) is 9.59 Å². The number of urea groups is 1. The van der Waals surface area contributed by atoms with Gasteiger partial charge < -0.3 is 15.4 Å².